The van der Waals surface area contributed by atoms with Crippen molar-refractivity contribution in [3.05, 3.63) is 35.8 Å². The number of carboxylic acid groups (broad SMARTS) is 2. The second kappa shape index (κ2) is 6.80. The first-order valence-corrected chi connectivity index (χ1v) is 8.96. The number of carbonyl (C=O) groups is 2. The molecule has 4 rings (SSSR count). The molecule has 27 heavy (non-hydrogen) atoms. The lowest BCUT2D eigenvalue weighted by Crippen LogP contribution is -2.39. The normalized spacial score (nSPS) is 19.3. The highest BCUT2D eigenvalue weighted by atomic mass is 32.1. The number of pyridine rings is 1. The molecule has 10 heteroatoms. The molecule has 1 fully saturated rings. The van der Waals surface area contributed by atoms with Gasteiger partial charge in [-0.25, -0.2) is 14.6 Å². The van der Waals surface area contributed by atoms with E-state index in [9.17, 15) is 19.8 Å². The zero-order chi connectivity index (χ0) is 19.0. The smallest absolute Gasteiger partial charge is 0.408 e. The Morgan fingerprint density at radius 2 is 2.07 bits per heavy atom. The van der Waals surface area contributed by atoms with E-state index >= 15 is 0 Å². The lowest BCUT2D eigenvalue weighted by atomic mass is 10.2. The Kier molecular flexibility index (Phi) is 4.32. The van der Waals surface area contributed by atoms with Crippen LogP contribution in [0.15, 0.2) is 35.8 Å². The van der Waals surface area contributed by atoms with Gasteiger partial charge in [0.25, 0.3) is 0 Å². The highest BCUT2D eigenvalue weighted by Gasteiger charge is 2.41. The molecule has 9 nitrogen and oxygen atoms in total. The molecule has 2 N–H and O–H groups in total. The lowest BCUT2D eigenvalue weighted by molar-refractivity contribution is -0.141. The molecule has 1 aliphatic heterocycles. The van der Waals surface area contributed by atoms with Gasteiger partial charge in [-0.3, -0.25) is 9.88 Å². The van der Waals surface area contributed by atoms with E-state index in [1.165, 1.54) is 11.3 Å². The molecular weight excluding hydrogens is 372 g/mol. The second-order valence-electron chi connectivity index (χ2n) is 5.97. The maximum absolute atomic E-state index is 11.3. The minimum absolute atomic E-state index is 0.0408. The van der Waals surface area contributed by atoms with Crippen LogP contribution in [0, 0.1) is 0 Å². The largest absolute Gasteiger partial charge is 0.480 e. The quantitative estimate of drug-likeness (QED) is 0.700. The van der Waals surface area contributed by atoms with Gasteiger partial charge in [-0.1, -0.05) is 6.07 Å². The fourth-order valence-corrected chi connectivity index (χ4v) is 3.77. The maximum Gasteiger partial charge on any atom is 0.408 e. The first kappa shape index (κ1) is 17.2. The van der Waals surface area contributed by atoms with Gasteiger partial charge in [0.1, 0.15) is 22.7 Å². The summed E-state index contributed by atoms with van der Waals surface area (Å²) in [5, 5.41) is 21.0. The van der Waals surface area contributed by atoms with E-state index in [1.807, 2.05) is 17.5 Å². The number of ether oxygens (including phenoxy) is 1. The Hall–Kier alpha value is -3.27. The molecule has 1 saturated heterocycles. The van der Waals surface area contributed by atoms with E-state index in [0.717, 1.165) is 4.90 Å². The topological polar surface area (TPSA) is 126 Å². The van der Waals surface area contributed by atoms with Crippen LogP contribution < -0.4 is 4.74 Å². The first-order chi connectivity index (χ1) is 13.0. The van der Waals surface area contributed by atoms with Crippen molar-refractivity contribution in [2.75, 3.05) is 6.54 Å². The molecule has 0 spiro atoms. The Morgan fingerprint density at radius 3 is 2.74 bits per heavy atom. The van der Waals surface area contributed by atoms with Crippen LogP contribution in [0.4, 0.5) is 4.79 Å². The van der Waals surface area contributed by atoms with E-state index in [0.29, 0.717) is 27.6 Å². The number of hydrogen-bond donors (Lipinski definition) is 2. The van der Waals surface area contributed by atoms with Crippen molar-refractivity contribution in [2.24, 2.45) is 0 Å². The molecule has 0 bridgehead atoms. The third-order valence-electron chi connectivity index (χ3n) is 4.26. The molecule has 138 valence electrons. The molecule has 2 atom stereocenters. The number of aromatic nitrogens is 3. The first-order valence-electron chi connectivity index (χ1n) is 8.08. The molecule has 0 aliphatic carbocycles. The van der Waals surface area contributed by atoms with Gasteiger partial charge >= 0.3 is 12.1 Å². The molecular formula is C17H14N4O5S. The van der Waals surface area contributed by atoms with E-state index in [-0.39, 0.29) is 13.0 Å². The SMILES string of the molecule is O=C(O)[C@@H]1C[C@@H](Oc2nc(-c3ccccn3)nc3sccc23)CN1C(=O)O. The Bertz CT molecular complexity index is 987. The number of rotatable bonds is 4. The van der Waals surface area contributed by atoms with Crippen molar-refractivity contribution in [3.8, 4) is 17.4 Å². The van der Waals surface area contributed by atoms with Crippen LogP contribution in [0.25, 0.3) is 21.7 Å². The highest BCUT2D eigenvalue weighted by Crippen LogP contribution is 2.32. The molecule has 4 heterocycles. The van der Waals surface area contributed by atoms with Gasteiger partial charge in [-0.05, 0) is 23.6 Å². The number of thiophene rings is 1. The van der Waals surface area contributed by atoms with Crippen molar-refractivity contribution >= 4 is 33.6 Å². The lowest BCUT2D eigenvalue weighted by Gasteiger charge is -2.16. The van der Waals surface area contributed by atoms with Crippen LogP contribution in [0.3, 0.4) is 0 Å². The predicted molar refractivity (Wildman–Crippen MR) is 95.8 cm³/mol. The minimum Gasteiger partial charge on any atom is -0.480 e. The van der Waals surface area contributed by atoms with Crippen molar-refractivity contribution < 1.29 is 24.5 Å². The summed E-state index contributed by atoms with van der Waals surface area (Å²) >= 11 is 1.42. The van der Waals surface area contributed by atoms with Crippen LogP contribution in [-0.4, -0.2) is 60.8 Å². The molecule has 3 aromatic heterocycles. The fraction of sp³-hybridized carbons (Fsp3) is 0.235. The van der Waals surface area contributed by atoms with Crippen molar-refractivity contribution in [3.63, 3.8) is 0 Å². The molecule has 3 aromatic rings. The number of nitrogens with zero attached hydrogens (tertiary/aromatic N) is 4. The van der Waals surface area contributed by atoms with E-state index in [1.54, 1.807) is 18.3 Å². The predicted octanol–water partition coefficient (Wildman–Crippen LogP) is 2.34. The summed E-state index contributed by atoms with van der Waals surface area (Å²) in [6.45, 7) is -0.0408. The number of carboxylic acids is 1. The number of amides is 1. The Morgan fingerprint density at radius 1 is 1.22 bits per heavy atom. The van der Waals surface area contributed by atoms with Gasteiger partial charge in [0.15, 0.2) is 5.82 Å². The van der Waals surface area contributed by atoms with Crippen LogP contribution >= 0.6 is 11.3 Å². The number of hydrogen-bond acceptors (Lipinski definition) is 7. The number of aliphatic carboxylic acids is 1. The standard InChI is InChI=1S/C17H14N4O5S/c22-16(23)12-7-9(8-21(12)17(24)25)26-14-10-4-6-27-15(10)20-13(19-14)11-3-1-2-5-18-11/h1-6,9,12H,7-8H2,(H,22,23)(H,24,25)/t9-,12+/m1/s1. The van der Waals surface area contributed by atoms with Crippen molar-refractivity contribution in [2.45, 2.75) is 18.6 Å². The number of likely N-dealkylation sites (tertiary alicyclic amines) is 1. The molecule has 0 unspecified atom stereocenters. The van der Waals surface area contributed by atoms with Crippen LogP contribution in [-0.2, 0) is 4.79 Å². The van der Waals surface area contributed by atoms with Crippen LogP contribution in [0.5, 0.6) is 5.88 Å². The van der Waals surface area contributed by atoms with Crippen molar-refractivity contribution in [1.82, 2.24) is 19.9 Å². The molecule has 0 radical (unpaired) electrons. The third-order valence-corrected chi connectivity index (χ3v) is 5.06. The summed E-state index contributed by atoms with van der Waals surface area (Å²) in [7, 11) is 0. The van der Waals surface area contributed by atoms with Gasteiger partial charge in [0.2, 0.25) is 5.88 Å². The average Bonchev–Trinajstić information content (AvgIpc) is 3.29. The Labute approximate surface area is 156 Å². The summed E-state index contributed by atoms with van der Waals surface area (Å²) in [4.78, 5) is 37.4. The minimum atomic E-state index is -1.29. The zero-order valence-electron chi connectivity index (χ0n) is 13.8. The zero-order valence-corrected chi connectivity index (χ0v) is 14.7. The van der Waals surface area contributed by atoms with Crippen molar-refractivity contribution in [1.29, 1.82) is 0 Å². The second-order valence-corrected chi connectivity index (χ2v) is 6.87. The van der Waals surface area contributed by atoms with Gasteiger partial charge in [0.05, 0.1) is 11.9 Å². The molecule has 0 saturated carbocycles. The summed E-state index contributed by atoms with van der Waals surface area (Å²) in [6.07, 6.45) is -0.212. The molecule has 1 aliphatic rings. The summed E-state index contributed by atoms with van der Waals surface area (Å²) < 4.78 is 5.93. The van der Waals surface area contributed by atoms with Crippen LogP contribution in [0.1, 0.15) is 6.42 Å². The summed E-state index contributed by atoms with van der Waals surface area (Å²) in [6, 6.07) is 6.07. The Balaban J connectivity index is 1.67. The summed E-state index contributed by atoms with van der Waals surface area (Å²) in [5.74, 6) is -0.507. The molecule has 0 aromatic carbocycles. The third kappa shape index (κ3) is 3.26. The number of fused-ring (bicyclic) bond motifs is 1. The maximum atomic E-state index is 11.3. The average molecular weight is 386 g/mol. The van der Waals surface area contributed by atoms with Gasteiger partial charge in [-0.2, -0.15) is 4.98 Å². The van der Waals surface area contributed by atoms with E-state index in [2.05, 4.69) is 15.0 Å². The van der Waals surface area contributed by atoms with Gasteiger partial charge in [0, 0.05) is 12.6 Å². The highest BCUT2D eigenvalue weighted by molar-refractivity contribution is 7.16. The van der Waals surface area contributed by atoms with Gasteiger partial charge < -0.3 is 14.9 Å². The summed E-state index contributed by atoms with van der Waals surface area (Å²) in [5.41, 5.74) is 0.583. The fourth-order valence-electron chi connectivity index (χ4n) is 3.01. The van der Waals surface area contributed by atoms with E-state index < -0.39 is 24.2 Å². The van der Waals surface area contributed by atoms with E-state index in [4.69, 9.17) is 4.74 Å². The van der Waals surface area contributed by atoms with Crippen LogP contribution in [0.2, 0.25) is 0 Å². The molecule has 1 amide bonds. The monoisotopic (exact) mass is 386 g/mol. The van der Waals surface area contributed by atoms with Gasteiger partial charge in [-0.15, -0.1) is 11.3 Å².